The molecule has 9 aromatic rings. The second-order valence-corrected chi connectivity index (χ2v) is 13.7. The van der Waals surface area contributed by atoms with Gasteiger partial charge in [-0.1, -0.05) is 121 Å². The van der Waals surface area contributed by atoms with Crippen molar-refractivity contribution in [3.05, 3.63) is 162 Å². The number of nitrogens with one attached hydrogen (secondary N) is 1. The molecule has 0 fully saturated rings. The Balaban J connectivity index is 1.10. The summed E-state index contributed by atoms with van der Waals surface area (Å²) in [7, 11) is 0. The lowest BCUT2D eigenvalue weighted by Gasteiger charge is -2.05. The smallest absolute Gasteiger partial charge is 0.161 e. The summed E-state index contributed by atoms with van der Waals surface area (Å²) in [5, 5.41) is 17.5. The highest BCUT2D eigenvalue weighted by Gasteiger charge is 2.16. The second kappa shape index (κ2) is 11.8. The number of aromatic nitrogens is 1. The molecule has 0 spiro atoms. The van der Waals surface area contributed by atoms with Crippen molar-refractivity contribution >= 4 is 92.5 Å². The molecule has 2 aromatic heterocycles. The van der Waals surface area contributed by atoms with Crippen LogP contribution >= 0.6 is 22.7 Å². The van der Waals surface area contributed by atoms with Gasteiger partial charge >= 0.3 is 0 Å². The van der Waals surface area contributed by atoms with Crippen LogP contribution in [0.3, 0.4) is 0 Å². The summed E-state index contributed by atoms with van der Waals surface area (Å²) in [6, 6.07) is 49.8. The number of nitrogens with zero attached hydrogens (tertiary/aromatic N) is 3. The number of benzene rings is 7. The first kappa shape index (κ1) is 28.4. The third-order valence-electron chi connectivity index (χ3n) is 8.63. The molecule has 0 saturated carbocycles. The maximum atomic E-state index is 8.96. The summed E-state index contributed by atoms with van der Waals surface area (Å²) >= 11 is 3.55. The van der Waals surface area contributed by atoms with Gasteiger partial charge in [-0.05, 0) is 51.4 Å². The number of hydrogen-bond donors (Lipinski definition) is 1. The Morgan fingerprint density at radius 3 is 2.23 bits per heavy atom. The molecular formula is C42H26N4S2. The van der Waals surface area contributed by atoms with E-state index in [0.717, 1.165) is 27.2 Å². The maximum Gasteiger partial charge on any atom is 0.161 e. The summed E-state index contributed by atoms with van der Waals surface area (Å²) in [6.45, 7) is 0. The van der Waals surface area contributed by atoms with Gasteiger partial charge in [0, 0.05) is 38.4 Å². The fraction of sp³-hybridized carbons (Fsp3) is 0. The number of amidine groups is 2. The van der Waals surface area contributed by atoms with Gasteiger partial charge in [-0.2, -0.15) is 0 Å². The van der Waals surface area contributed by atoms with E-state index in [1.54, 1.807) is 17.6 Å². The first-order chi connectivity index (χ1) is 23.7. The van der Waals surface area contributed by atoms with Crippen molar-refractivity contribution in [3.8, 4) is 10.6 Å². The Morgan fingerprint density at radius 1 is 0.583 bits per heavy atom. The number of thiophene rings is 1. The van der Waals surface area contributed by atoms with Crippen molar-refractivity contribution in [1.82, 2.24) is 4.98 Å². The van der Waals surface area contributed by atoms with E-state index in [-0.39, 0.29) is 5.84 Å². The lowest BCUT2D eigenvalue weighted by molar-refractivity contribution is 1.39. The molecule has 4 nitrogen and oxygen atoms in total. The molecule has 226 valence electrons. The first-order valence-corrected chi connectivity index (χ1v) is 17.3. The molecule has 0 atom stereocenters. The third kappa shape index (κ3) is 5.08. The molecule has 1 N–H and O–H groups in total. The third-order valence-corrected chi connectivity index (χ3v) is 11.1. The van der Waals surface area contributed by atoms with Crippen LogP contribution in [0.5, 0.6) is 0 Å². The molecule has 7 aromatic carbocycles. The highest BCUT2D eigenvalue weighted by molar-refractivity contribution is 7.31. The Bertz CT molecular complexity index is 2740. The standard InChI is InChI=1S/C42H26N4S2/c43-40(46-41(28-13-5-2-6-14-28)44-25-26-10-3-1-4-11-26)30-15-9-16-31(22-30)42-45-36-21-20-33-35-24-34-29(19-18-27-12-7-8-17-32(27)34)23-37(35)47-38(33)39(36)48-42/h1-25,43H. The number of aliphatic imine (C=N–C) groups is 2. The van der Waals surface area contributed by atoms with Gasteiger partial charge in [0.25, 0.3) is 0 Å². The largest absolute Gasteiger partial charge is 0.282 e. The highest BCUT2D eigenvalue weighted by atomic mass is 32.1. The minimum atomic E-state index is 0.147. The van der Waals surface area contributed by atoms with E-state index in [0.29, 0.717) is 11.4 Å². The van der Waals surface area contributed by atoms with Crippen LogP contribution in [0.15, 0.2) is 156 Å². The summed E-state index contributed by atoms with van der Waals surface area (Å²) in [4.78, 5) is 14.5. The molecule has 9 rings (SSSR count). The fourth-order valence-electron chi connectivity index (χ4n) is 6.24. The Hall–Kier alpha value is -5.82. The van der Waals surface area contributed by atoms with Gasteiger partial charge in [-0.3, -0.25) is 5.41 Å². The SMILES string of the molecule is N=C(N=C(N=Cc1ccccc1)c1ccccc1)c1cccc(-c2nc3ccc4c5cc6c(ccc7ccccc76)cc5sc4c3s2)c1. The zero-order valence-corrected chi connectivity index (χ0v) is 27.2. The maximum absolute atomic E-state index is 8.96. The molecule has 0 aliphatic carbocycles. The van der Waals surface area contributed by atoms with Crippen LogP contribution in [0.4, 0.5) is 0 Å². The molecule has 0 bridgehead atoms. The van der Waals surface area contributed by atoms with Crippen molar-refractivity contribution in [3.63, 3.8) is 0 Å². The van der Waals surface area contributed by atoms with E-state index in [2.05, 4.69) is 66.7 Å². The van der Waals surface area contributed by atoms with E-state index >= 15 is 0 Å². The second-order valence-electron chi connectivity index (χ2n) is 11.7. The van der Waals surface area contributed by atoms with Crippen LogP contribution in [0.2, 0.25) is 0 Å². The van der Waals surface area contributed by atoms with Crippen molar-refractivity contribution in [2.45, 2.75) is 0 Å². The molecule has 0 aliphatic heterocycles. The number of rotatable bonds is 4. The van der Waals surface area contributed by atoms with Gasteiger partial charge < -0.3 is 0 Å². The van der Waals surface area contributed by atoms with Gasteiger partial charge in [0.15, 0.2) is 11.7 Å². The van der Waals surface area contributed by atoms with Crippen LogP contribution in [0.25, 0.3) is 62.5 Å². The normalized spacial score (nSPS) is 12.3. The molecule has 0 amide bonds. The van der Waals surface area contributed by atoms with E-state index < -0.39 is 0 Å². The van der Waals surface area contributed by atoms with Crippen LogP contribution in [0.1, 0.15) is 16.7 Å². The van der Waals surface area contributed by atoms with Gasteiger partial charge in [0.2, 0.25) is 0 Å². The van der Waals surface area contributed by atoms with Crippen molar-refractivity contribution in [1.29, 1.82) is 5.41 Å². The van der Waals surface area contributed by atoms with E-state index in [1.165, 1.54) is 46.4 Å². The summed E-state index contributed by atoms with van der Waals surface area (Å²) in [6.07, 6.45) is 1.79. The Morgan fingerprint density at radius 2 is 1.35 bits per heavy atom. The number of thiazole rings is 1. The zero-order valence-electron chi connectivity index (χ0n) is 25.6. The van der Waals surface area contributed by atoms with Crippen LogP contribution in [-0.2, 0) is 0 Å². The molecule has 0 saturated heterocycles. The summed E-state index contributed by atoms with van der Waals surface area (Å²) in [5.41, 5.74) is 4.49. The Kier molecular flexibility index (Phi) is 6.96. The van der Waals surface area contributed by atoms with Crippen molar-refractivity contribution in [2.75, 3.05) is 0 Å². The lowest BCUT2D eigenvalue weighted by atomic mass is 10.00. The van der Waals surface area contributed by atoms with Crippen molar-refractivity contribution < 1.29 is 0 Å². The molecule has 0 unspecified atom stereocenters. The topological polar surface area (TPSA) is 61.5 Å². The van der Waals surface area contributed by atoms with Gasteiger partial charge in [0.1, 0.15) is 5.01 Å². The first-order valence-electron chi connectivity index (χ1n) is 15.7. The van der Waals surface area contributed by atoms with Crippen molar-refractivity contribution in [2.24, 2.45) is 9.98 Å². The van der Waals surface area contributed by atoms with Crippen LogP contribution < -0.4 is 0 Å². The monoisotopic (exact) mass is 650 g/mol. The average Bonchev–Trinajstić information content (AvgIpc) is 3.75. The fourth-order valence-corrected chi connectivity index (χ4v) is 8.67. The zero-order chi connectivity index (χ0) is 32.0. The average molecular weight is 651 g/mol. The summed E-state index contributed by atoms with van der Waals surface area (Å²) in [5.74, 6) is 0.635. The molecule has 0 radical (unpaired) electrons. The number of hydrogen-bond acceptors (Lipinski definition) is 4. The quantitative estimate of drug-likeness (QED) is 0.115. The molecule has 2 heterocycles. The lowest BCUT2D eigenvalue weighted by Crippen LogP contribution is -2.04. The van der Waals surface area contributed by atoms with Gasteiger partial charge in [-0.25, -0.2) is 15.0 Å². The molecule has 48 heavy (non-hydrogen) atoms. The van der Waals surface area contributed by atoms with E-state index in [9.17, 15) is 0 Å². The van der Waals surface area contributed by atoms with E-state index in [4.69, 9.17) is 20.4 Å². The van der Waals surface area contributed by atoms with Gasteiger partial charge in [-0.15, -0.1) is 22.7 Å². The Labute approximate surface area is 284 Å². The van der Waals surface area contributed by atoms with Crippen LogP contribution in [0, 0.1) is 5.41 Å². The molecule has 6 heteroatoms. The highest BCUT2D eigenvalue weighted by Crippen LogP contribution is 2.44. The molecule has 0 aliphatic rings. The van der Waals surface area contributed by atoms with Gasteiger partial charge in [0.05, 0.1) is 14.9 Å². The molecular weight excluding hydrogens is 625 g/mol. The van der Waals surface area contributed by atoms with Crippen LogP contribution in [-0.4, -0.2) is 22.9 Å². The minimum Gasteiger partial charge on any atom is -0.282 e. The van der Waals surface area contributed by atoms with E-state index in [1.807, 2.05) is 90.2 Å². The summed E-state index contributed by atoms with van der Waals surface area (Å²) < 4.78 is 3.74. The number of fused-ring (bicyclic) bond motifs is 8. The predicted octanol–water partition coefficient (Wildman–Crippen LogP) is 11.5. The predicted molar refractivity (Wildman–Crippen MR) is 207 cm³/mol. The minimum absolute atomic E-state index is 0.147.